The smallest absolute Gasteiger partial charge is 0.408 e. The summed E-state index contributed by atoms with van der Waals surface area (Å²) in [6.45, 7) is 5.12. The van der Waals surface area contributed by atoms with E-state index >= 15 is 0 Å². The van der Waals surface area contributed by atoms with Crippen molar-refractivity contribution < 1.29 is 19.1 Å². The summed E-state index contributed by atoms with van der Waals surface area (Å²) in [6, 6.07) is 7.16. The number of nitrogens with one attached hydrogen (secondary N) is 3. The molecular formula is C21H31N3O4S. The summed E-state index contributed by atoms with van der Waals surface area (Å²) < 4.78 is 5.13. The molecule has 160 valence electrons. The molecule has 0 bridgehead atoms. The van der Waals surface area contributed by atoms with Gasteiger partial charge in [-0.15, -0.1) is 11.8 Å². The lowest BCUT2D eigenvalue weighted by molar-refractivity contribution is -0.121. The van der Waals surface area contributed by atoms with E-state index in [9.17, 15) is 14.4 Å². The molecule has 29 heavy (non-hydrogen) atoms. The third-order valence-electron chi connectivity index (χ3n) is 4.57. The number of alkyl carbamates (subject to hydrolysis) is 1. The second kappa shape index (κ2) is 10.5. The summed E-state index contributed by atoms with van der Waals surface area (Å²) in [5, 5.41) is 8.44. The van der Waals surface area contributed by atoms with Crippen molar-refractivity contribution in [2.45, 2.75) is 69.0 Å². The summed E-state index contributed by atoms with van der Waals surface area (Å²) >= 11 is 1.62. The minimum absolute atomic E-state index is 0.137. The van der Waals surface area contributed by atoms with Crippen LogP contribution in [0.4, 0.5) is 4.79 Å². The summed E-state index contributed by atoms with van der Waals surface area (Å²) in [5.74, 6) is -0.443. The van der Waals surface area contributed by atoms with Crippen molar-refractivity contribution in [1.82, 2.24) is 16.0 Å². The van der Waals surface area contributed by atoms with Crippen molar-refractivity contribution in [2.24, 2.45) is 0 Å². The van der Waals surface area contributed by atoms with Gasteiger partial charge in [-0.2, -0.15) is 0 Å². The first-order chi connectivity index (χ1) is 13.7. The van der Waals surface area contributed by atoms with E-state index in [-0.39, 0.29) is 30.4 Å². The van der Waals surface area contributed by atoms with Gasteiger partial charge in [0.2, 0.25) is 5.91 Å². The monoisotopic (exact) mass is 421 g/mol. The van der Waals surface area contributed by atoms with Crippen molar-refractivity contribution in [2.75, 3.05) is 12.8 Å². The largest absolute Gasteiger partial charge is 0.444 e. The molecule has 0 aliphatic heterocycles. The van der Waals surface area contributed by atoms with Crippen LogP contribution in [0.5, 0.6) is 0 Å². The summed E-state index contributed by atoms with van der Waals surface area (Å²) in [4.78, 5) is 37.6. The van der Waals surface area contributed by atoms with Crippen molar-refractivity contribution in [3.63, 3.8) is 0 Å². The summed E-state index contributed by atoms with van der Waals surface area (Å²) in [7, 11) is 0. The molecule has 1 aliphatic rings. The maximum absolute atomic E-state index is 12.6. The number of thioether (sulfide) groups is 1. The lowest BCUT2D eigenvalue weighted by Crippen LogP contribution is -2.54. The Labute approximate surface area is 176 Å². The minimum atomic E-state index is -0.630. The number of hydrogen-bond acceptors (Lipinski definition) is 5. The fourth-order valence-corrected chi connectivity index (χ4v) is 3.60. The average Bonchev–Trinajstić information content (AvgIpc) is 2.66. The zero-order valence-corrected chi connectivity index (χ0v) is 18.4. The van der Waals surface area contributed by atoms with E-state index < -0.39 is 11.7 Å². The molecule has 2 rings (SSSR count). The molecule has 0 aromatic heterocycles. The zero-order valence-electron chi connectivity index (χ0n) is 17.5. The molecule has 0 heterocycles. The molecule has 7 nitrogen and oxygen atoms in total. The third kappa shape index (κ3) is 7.97. The van der Waals surface area contributed by atoms with E-state index in [4.69, 9.17) is 4.74 Å². The average molecular weight is 422 g/mol. The van der Waals surface area contributed by atoms with Crippen LogP contribution in [0.15, 0.2) is 29.2 Å². The number of ether oxygens (including phenoxy) is 1. The maximum Gasteiger partial charge on any atom is 0.408 e. The molecule has 1 aromatic carbocycles. The van der Waals surface area contributed by atoms with Crippen LogP contribution in [0.25, 0.3) is 0 Å². The van der Waals surface area contributed by atoms with Crippen LogP contribution in [-0.4, -0.2) is 48.4 Å². The number of amides is 3. The molecule has 3 N–H and O–H groups in total. The lowest BCUT2D eigenvalue weighted by atomic mass is 9.90. The van der Waals surface area contributed by atoms with E-state index in [1.807, 2.05) is 30.5 Å². The van der Waals surface area contributed by atoms with Crippen LogP contribution >= 0.6 is 11.8 Å². The van der Waals surface area contributed by atoms with E-state index in [1.54, 1.807) is 32.5 Å². The molecule has 1 saturated carbocycles. The van der Waals surface area contributed by atoms with Gasteiger partial charge in [-0.1, -0.05) is 12.8 Å². The number of carbonyl (C=O) groups excluding carboxylic acids is 3. The van der Waals surface area contributed by atoms with Crippen LogP contribution < -0.4 is 16.0 Å². The second-order valence-corrected chi connectivity index (χ2v) is 9.00. The quantitative estimate of drug-likeness (QED) is 0.614. The minimum Gasteiger partial charge on any atom is -0.444 e. The van der Waals surface area contributed by atoms with E-state index in [2.05, 4.69) is 16.0 Å². The third-order valence-corrected chi connectivity index (χ3v) is 5.32. The summed E-state index contributed by atoms with van der Waals surface area (Å²) in [6.07, 6.45) is 4.93. The van der Waals surface area contributed by atoms with Gasteiger partial charge in [0.1, 0.15) is 12.1 Å². The van der Waals surface area contributed by atoms with Crippen LogP contribution in [0, 0.1) is 0 Å². The van der Waals surface area contributed by atoms with Crippen molar-refractivity contribution in [3.8, 4) is 0 Å². The molecule has 1 aromatic rings. The Morgan fingerprint density at radius 1 is 1.03 bits per heavy atom. The van der Waals surface area contributed by atoms with Gasteiger partial charge in [0.15, 0.2) is 0 Å². The van der Waals surface area contributed by atoms with Gasteiger partial charge in [-0.25, -0.2) is 4.79 Å². The van der Waals surface area contributed by atoms with Gasteiger partial charge in [0.05, 0.1) is 0 Å². The van der Waals surface area contributed by atoms with Crippen LogP contribution in [0.1, 0.15) is 56.8 Å². The molecule has 2 atom stereocenters. The van der Waals surface area contributed by atoms with Gasteiger partial charge in [-0.05, 0) is 64.1 Å². The Morgan fingerprint density at radius 3 is 2.17 bits per heavy atom. The van der Waals surface area contributed by atoms with Crippen LogP contribution in [-0.2, 0) is 9.53 Å². The van der Waals surface area contributed by atoms with Crippen molar-refractivity contribution in [1.29, 1.82) is 0 Å². The fraction of sp³-hybridized carbons (Fsp3) is 0.571. The molecule has 0 unspecified atom stereocenters. The Kier molecular flexibility index (Phi) is 8.37. The molecule has 1 fully saturated rings. The number of carbonyl (C=O) groups is 3. The van der Waals surface area contributed by atoms with Gasteiger partial charge < -0.3 is 20.7 Å². The first-order valence-electron chi connectivity index (χ1n) is 9.89. The van der Waals surface area contributed by atoms with Gasteiger partial charge in [-0.3, -0.25) is 9.59 Å². The SMILES string of the molecule is CSc1ccc(C(=O)N[C@H]2CCCC[C@H]2NC(=O)CNC(=O)OC(C)(C)C)cc1. The van der Waals surface area contributed by atoms with Gasteiger partial charge in [0.25, 0.3) is 5.91 Å². The number of hydrogen-bond donors (Lipinski definition) is 3. The first-order valence-corrected chi connectivity index (χ1v) is 11.1. The maximum atomic E-state index is 12.6. The van der Waals surface area contributed by atoms with E-state index in [0.717, 1.165) is 30.6 Å². The predicted molar refractivity (Wildman–Crippen MR) is 114 cm³/mol. The highest BCUT2D eigenvalue weighted by Gasteiger charge is 2.28. The van der Waals surface area contributed by atoms with Crippen molar-refractivity contribution in [3.05, 3.63) is 29.8 Å². The van der Waals surface area contributed by atoms with Crippen LogP contribution in [0.3, 0.4) is 0 Å². The van der Waals surface area contributed by atoms with E-state index in [0.29, 0.717) is 5.56 Å². The lowest BCUT2D eigenvalue weighted by Gasteiger charge is -2.33. The zero-order chi connectivity index (χ0) is 21.4. The highest BCUT2D eigenvalue weighted by atomic mass is 32.2. The Bertz CT molecular complexity index is 716. The Balaban J connectivity index is 1.87. The van der Waals surface area contributed by atoms with E-state index in [1.165, 1.54) is 0 Å². The molecule has 0 spiro atoms. The van der Waals surface area contributed by atoms with Gasteiger partial charge in [0, 0.05) is 22.5 Å². The molecule has 0 radical (unpaired) electrons. The highest BCUT2D eigenvalue weighted by molar-refractivity contribution is 7.98. The fourth-order valence-electron chi connectivity index (χ4n) is 3.19. The number of rotatable bonds is 6. The van der Waals surface area contributed by atoms with Gasteiger partial charge >= 0.3 is 6.09 Å². The molecule has 8 heteroatoms. The standard InChI is InChI=1S/C21H31N3O4S/c1-21(2,3)28-20(27)22-13-18(25)23-16-7-5-6-8-17(16)24-19(26)14-9-11-15(29-4)12-10-14/h9-12,16-17H,5-8,13H2,1-4H3,(H,22,27)(H,23,25)(H,24,26)/t16-,17+/m1/s1. The van der Waals surface area contributed by atoms with Crippen molar-refractivity contribution >= 4 is 29.7 Å². The predicted octanol–water partition coefficient (Wildman–Crippen LogP) is 3.09. The topological polar surface area (TPSA) is 96.5 Å². The molecule has 0 saturated heterocycles. The Hall–Kier alpha value is -2.22. The van der Waals surface area contributed by atoms with Crippen LogP contribution in [0.2, 0.25) is 0 Å². The Morgan fingerprint density at radius 2 is 1.62 bits per heavy atom. The first kappa shape index (κ1) is 23.1. The number of benzene rings is 1. The molecular weight excluding hydrogens is 390 g/mol. The normalized spacial score (nSPS) is 19.2. The highest BCUT2D eigenvalue weighted by Crippen LogP contribution is 2.20. The molecule has 1 aliphatic carbocycles. The molecule has 3 amide bonds. The second-order valence-electron chi connectivity index (χ2n) is 8.12. The summed E-state index contributed by atoms with van der Waals surface area (Å²) in [5.41, 5.74) is -0.0158.